The second-order valence-electron chi connectivity index (χ2n) is 7.77. The van der Waals surface area contributed by atoms with Crippen molar-refractivity contribution in [2.75, 3.05) is 40.0 Å². The molecule has 0 bridgehead atoms. The zero-order valence-corrected chi connectivity index (χ0v) is 16.1. The lowest BCUT2D eigenvalue weighted by Gasteiger charge is -2.39. The standard InChI is InChI=1S/C21H32N2O3/c1-16-3-5-19(25-2)18(13-16)21(8-11-26-12-9-21)15-23-20(24)6-4-17-7-10-22-14-17/h3,5,13,17,22H,4,6-12,14-15H2,1-2H3,(H,23,24). The van der Waals surface area contributed by atoms with Crippen LogP contribution < -0.4 is 15.4 Å². The topological polar surface area (TPSA) is 59.6 Å². The molecule has 1 unspecified atom stereocenters. The van der Waals surface area contributed by atoms with E-state index in [0.717, 1.165) is 51.3 Å². The molecule has 0 aliphatic carbocycles. The molecule has 5 heteroatoms. The lowest BCUT2D eigenvalue weighted by Crippen LogP contribution is -2.45. The number of aryl methyl sites for hydroxylation is 1. The van der Waals surface area contributed by atoms with Gasteiger partial charge in [0, 0.05) is 37.2 Å². The summed E-state index contributed by atoms with van der Waals surface area (Å²) in [5.74, 6) is 1.72. The van der Waals surface area contributed by atoms with Gasteiger partial charge in [-0.25, -0.2) is 0 Å². The Hall–Kier alpha value is -1.59. The lowest BCUT2D eigenvalue weighted by atomic mass is 9.73. The van der Waals surface area contributed by atoms with Crippen molar-refractivity contribution in [3.05, 3.63) is 29.3 Å². The molecule has 2 heterocycles. The van der Waals surface area contributed by atoms with Gasteiger partial charge in [0.05, 0.1) is 7.11 Å². The van der Waals surface area contributed by atoms with Crippen LogP contribution in [-0.4, -0.2) is 45.9 Å². The molecule has 2 fully saturated rings. The summed E-state index contributed by atoms with van der Waals surface area (Å²) in [6.45, 7) is 6.33. The second kappa shape index (κ2) is 8.87. The van der Waals surface area contributed by atoms with Crippen molar-refractivity contribution in [3.63, 3.8) is 0 Å². The van der Waals surface area contributed by atoms with Crippen LogP contribution in [0.4, 0.5) is 0 Å². The molecule has 1 amide bonds. The highest BCUT2D eigenvalue weighted by atomic mass is 16.5. The van der Waals surface area contributed by atoms with Crippen molar-refractivity contribution >= 4 is 5.91 Å². The molecule has 2 N–H and O–H groups in total. The molecular formula is C21H32N2O3. The first-order valence-electron chi connectivity index (χ1n) is 9.83. The Kier molecular flexibility index (Phi) is 6.54. The van der Waals surface area contributed by atoms with Crippen LogP contribution >= 0.6 is 0 Å². The van der Waals surface area contributed by atoms with Gasteiger partial charge in [-0.15, -0.1) is 0 Å². The minimum absolute atomic E-state index is 0.111. The van der Waals surface area contributed by atoms with Gasteiger partial charge < -0.3 is 20.1 Å². The van der Waals surface area contributed by atoms with E-state index in [4.69, 9.17) is 9.47 Å². The first kappa shape index (κ1) is 19.2. The van der Waals surface area contributed by atoms with E-state index < -0.39 is 0 Å². The van der Waals surface area contributed by atoms with Gasteiger partial charge in [-0.2, -0.15) is 0 Å². The summed E-state index contributed by atoms with van der Waals surface area (Å²) in [7, 11) is 1.72. The van der Waals surface area contributed by atoms with Crippen LogP contribution in [0.25, 0.3) is 0 Å². The molecule has 1 atom stereocenters. The number of carbonyl (C=O) groups is 1. The van der Waals surface area contributed by atoms with Crippen LogP contribution in [0.15, 0.2) is 18.2 Å². The van der Waals surface area contributed by atoms with Gasteiger partial charge >= 0.3 is 0 Å². The van der Waals surface area contributed by atoms with Crippen molar-refractivity contribution in [1.29, 1.82) is 0 Å². The third-order valence-electron chi connectivity index (χ3n) is 5.94. The Morgan fingerprint density at radius 2 is 2.19 bits per heavy atom. The van der Waals surface area contributed by atoms with Gasteiger partial charge in [0.2, 0.25) is 5.91 Å². The summed E-state index contributed by atoms with van der Waals surface area (Å²) in [5.41, 5.74) is 2.30. The Bertz CT molecular complexity index is 605. The van der Waals surface area contributed by atoms with Crippen molar-refractivity contribution in [3.8, 4) is 5.75 Å². The van der Waals surface area contributed by atoms with Crippen molar-refractivity contribution in [1.82, 2.24) is 10.6 Å². The smallest absolute Gasteiger partial charge is 0.220 e. The lowest BCUT2D eigenvalue weighted by molar-refractivity contribution is -0.121. The first-order valence-corrected chi connectivity index (χ1v) is 9.83. The van der Waals surface area contributed by atoms with Crippen LogP contribution in [-0.2, 0) is 14.9 Å². The molecule has 26 heavy (non-hydrogen) atoms. The second-order valence-corrected chi connectivity index (χ2v) is 7.77. The van der Waals surface area contributed by atoms with Crippen LogP contribution in [0.5, 0.6) is 5.75 Å². The number of nitrogens with one attached hydrogen (secondary N) is 2. The van der Waals surface area contributed by atoms with E-state index in [2.05, 4.69) is 29.7 Å². The predicted octanol–water partition coefficient (Wildman–Crippen LogP) is 2.56. The predicted molar refractivity (Wildman–Crippen MR) is 103 cm³/mol. The number of amides is 1. The molecule has 2 aliphatic heterocycles. The summed E-state index contributed by atoms with van der Waals surface area (Å²) in [4.78, 5) is 12.4. The summed E-state index contributed by atoms with van der Waals surface area (Å²) in [6.07, 6.45) is 4.58. The largest absolute Gasteiger partial charge is 0.496 e. The van der Waals surface area contributed by atoms with Gasteiger partial charge in [-0.3, -0.25) is 4.79 Å². The van der Waals surface area contributed by atoms with E-state index in [1.165, 1.54) is 17.5 Å². The molecule has 0 aromatic heterocycles. The monoisotopic (exact) mass is 360 g/mol. The zero-order valence-electron chi connectivity index (χ0n) is 16.1. The van der Waals surface area contributed by atoms with Gasteiger partial charge in [-0.05, 0) is 57.7 Å². The fourth-order valence-electron chi connectivity index (χ4n) is 4.19. The normalized spacial score (nSPS) is 22.2. The third kappa shape index (κ3) is 4.57. The number of hydrogen-bond donors (Lipinski definition) is 2. The highest BCUT2D eigenvalue weighted by Gasteiger charge is 2.37. The Labute approximate surface area is 156 Å². The average Bonchev–Trinajstić information content (AvgIpc) is 3.19. The maximum absolute atomic E-state index is 12.4. The number of ether oxygens (including phenoxy) is 2. The van der Waals surface area contributed by atoms with Gasteiger partial charge in [0.1, 0.15) is 5.75 Å². The van der Waals surface area contributed by atoms with Crippen molar-refractivity contribution < 1.29 is 14.3 Å². The summed E-state index contributed by atoms with van der Waals surface area (Å²) in [6, 6.07) is 6.32. The molecule has 2 aliphatic rings. The molecule has 1 aromatic carbocycles. The van der Waals surface area contributed by atoms with Crippen LogP contribution in [0.2, 0.25) is 0 Å². The molecule has 144 valence electrons. The molecule has 0 spiro atoms. The number of rotatable bonds is 7. The number of carbonyl (C=O) groups excluding carboxylic acids is 1. The van der Waals surface area contributed by atoms with E-state index in [1.54, 1.807) is 7.11 Å². The quantitative estimate of drug-likeness (QED) is 0.785. The minimum Gasteiger partial charge on any atom is -0.496 e. The first-order chi connectivity index (χ1) is 12.6. The molecule has 0 saturated carbocycles. The molecule has 0 radical (unpaired) electrons. The fraction of sp³-hybridized carbons (Fsp3) is 0.667. The number of benzene rings is 1. The highest BCUT2D eigenvalue weighted by molar-refractivity contribution is 5.76. The summed E-state index contributed by atoms with van der Waals surface area (Å²) < 4.78 is 11.3. The van der Waals surface area contributed by atoms with Crippen molar-refractivity contribution in [2.24, 2.45) is 5.92 Å². The van der Waals surface area contributed by atoms with E-state index in [9.17, 15) is 4.79 Å². The molecule has 3 rings (SSSR count). The maximum Gasteiger partial charge on any atom is 0.220 e. The van der Waals surface area contributed by atoms with E-state index >= 15 is 0 Å². The molecule has 1 aromatic rings. The Morgan fingerprint density at radius 3 is 2.88 bits per heavy atom. The number of methoxy groups -OCH3 is 1. The van der Waals surface area contributed by atoms with Crippen LogP contribution in [0.3, 0.4) is 0 Å². The molecule has 2 saturated heterocycles. The molecular weight excluding hydrogens is 328 g/mol. The Balaban J connectivity index is 1.67. The minimum atomic E-state index is -0.111. The van der Waals surface area contributed by atoms with Gasteiger partial charge in [0.25, 0.3) is 0 Å². The van der Waals surface area contributed by atoms with Gasteiger partial charge in [0.15, 0.2) is 0 Å². The van der Waals surface area contributed by atoms with E-state index in [1.807, 2.05) is 6.07 Å². The van der Waals surface area contributed by atoms with Crippen LogP contribution in [0, 0.1) is 12.8 Å². The van der Waals surface area contributed by atoms with Crippen molar-refractivity contribution in [2.45, 2.75) is 44.4 Å². The highest BCUT2D eigenvalue weighted by Crippen LogP contribution is 2.40. The van der Waals surface area contributed by atoms with Crippen LogP contribution in [0.1, 0.15) is 43.2 Å². The van der Waals surface area contributed by atoms with Gasteiger partial charge in [-0.1, -0.05) is 17.7 Å². The summed E-state index contributed by atoms with van der Waals surface area (Å²) >= 11 is 0. The fourth-order valence-corrected chi connectivity index (χ4v) is 4.19. The SMILES string of the molecule is COc1ccc(C)cc1C1(CNC(=O)CCC2CCNC2)CCOCC1. The Morgan fingerprint density at radius 1 is 1.38 bits per heavy atom. The average molecular weight is 360 g/mol. The molecule has 5 nitrogen and oxygen atoms in total. The third-order valence-corrected chi connectivity index (χ3v) is 5.94. The van der Waals surface area contributed by atoms with E-state index in [-0.39, 0.29) is 11.3 Å². The summed E-state index contributed by atoms with van der Waals surface area (Å²) in [5, 5.41) is 6.58. The maximum atomic E-state index is 12.4. The van der Waals surface area contributed by atoms with E-state index in [0.29, 0.717) is 18.9 Å². The number of hydrogen-bond acceptors (Lipinski definition) is 4. The zero-order chi connectivity index (χ0) is 18.4.